The quantitative estimate of drug-likeness (QED) is 0.738. The second-order valence-electron chi connectivity index (χ2n) is 8.98. The van der Waals surface area contributed by atoms with Gasteiger partial charge in [-0.2, -0.15) is 0 Å². The molecule has 1 saturated heterocycles. The molecule has 172 valence electrons. The maximum Gasteiger partial charge on any atom is 0.273 e. The van der Waals surface area contributed by atoms with Crippen molar-refractivity contribution in [2.24, 2.45) is 11.8 Å². The van der Waals surface area contributed by atoms with Crippen molar-refractivity contribution in [3.05, 3.63) is 41.6 Å². The average molecular weight is 446 g/mol. The minimum atomic E-state index is -0.804. The number of piperidine rings is 1. The summed E-state index contributed by atoms with van der Waals surface area (Å²) in [6, 6.07) is 4.48. The van der Waals surface area contributed by atoms with Gasteiger partial charge in [0.15, 0.2) is 11.5 Å². The molecule has 2 heterocycles. The number of hydrogen-bond donors (Lipinski definition) is 1. The lowest BCUT2D eigenvalue weighted by atomic mass is 9.89. The smallest absolute Gasteiger partial charge is 0.273 e. The van der Waals surface area contributed by atoms with Gasteiger partial charge >= 0.3 is 0 Å². The third kappa shape index (κ3) is 4.67. The summed E-state index contributed by atoms with van der Waals surface area (Å²) in [6.07, 6.45) is 3.10. The Bertz CT molecular complexity index is 1000. The van der Waals surface area contributed by atoms with E-state index in [0.29, 0.717) is 24.9 Å². The van der Waals surface area contributed by atoms with E-state index in [2.05, 4.69) is 22.3 Å². The van der Waals surface area contributed by atoms with Crippen LogP contribution in [0.1, 0.15) is 36.7 Å². The minimum Gasteiger partial charge on any atom is -0.355 e. The molecule has 0 bridgehead atoms. The Kier molecular flexibility index (Phi) is 6.28. The van der Waals surface area contributed by atoms with Gasteiger partial charge in [0.05, 0.1) is 11.5 Å². The first kappa shape index (κ1) is 22.4. The van der Waals surface area contributed by atoms with Crippen LogP contribution in [-0.4, -0.2) is 66.0 Å². The van der Waals surface area contributed by atoms with Gasteiger partial charge in [0.2, 0.25) is 5.91 Å². The zero-order valence-corrected chi connectivity index (χ0v) is 18.5. The minimum absolute atomic E-state index is 0.0148. The summed E-state index contributed by atoms with van der Waals surface area (Å²) in [5.74, 6) is -1.68. The standard InChI is InChI=1S/C23H28F2N4O3/c1-13(14-4-5-14)29-9-8-19(17(12-29)23(31)28(2)3)26-22(30)20-11-21(32-27-20)16-7-6-15(24)10-18(16)25/h6-7,10-11,13-14,17,19H,4-5,8-9,12H2,1-3H3,(H,26,30)/t13-,17+,19+/m0/s1. The maximum atomic E-state index is 14.0. The molecule has 2 aliphatic rings. The predicted octanol–water partition coefficient (Wildman–Crippen LogP) is 2.93. The molecular weight excluding hydrogens is 418 g/mol. The summed E-state index contributed by atoms with van der Waals surface area (Å²) >= 11 is 0. The van der Waals surface area contributed by atoms with Crippen LogP contribution in [0.2, 0.25) is 0 Å². The third-order valence-electron chi connectivity index (χ3n) is 6.54. The number of halogens is 2. The lowest BCUT2D eigenvalue weighted by Crippen LogP contribution is -2.57. The highest BCUT2D eigenvalue weighted by Crippen LogP contribution is 2.36. The number of carbonyl (C=O) groups is 2. The van der Waals surface area contributed by atoms with Crippen molar-refractivity contribution < 1.29 is 22.9 Å². The number of benzene rings is 1. The molecule has 32 heavy (non-hydrogen) atoms. The Labute approximate surface area is 185 Å². The van der Waals surface area contributed by atoms with E-state index < -0.39 is 17.5 Å². The third-order valence-corrected chi connectivity index (χ3v) is 6.54. The number of rotatable bonds is 6. The maximum absolute atomic E-state index is 14.0. The van der Waals surface area contributed by atoms with Gasteiger partial charge in [0.1, 0.15) is 11.6 Å². The first-order chi connectivity index (χ1) is 15.2. The molecule has 7 nitrogen and oxygen atoms in total. The summed E-state index contributed by atoms with van der Waals surface area (Å²) < 4.78 is 32.3. The predicted molar refractivity (Wildman–Crippen MR) is 114 cm³/mol. The molecule has 1 aromatic carbocycles. The number of nitrogens with one attached hydrogen (secondary N) is 1. The summed E-state index contributed by atoms with van der Waals surface area (Å²) in [5, 5.41) is 6.67. The van der Waals surface area contributed by atoms with Crippen LogP contribution in [0.4, 0.5) is 8.78 Å². The van der Waals surface area contributed by atoms with Crippen LogP contribution >= 0.6 is 0 Å². The van der Waals surface area contributed by atoms with Crippen molar-refractivity contribution in [3.63, 3.8) is 0 Å². The van der Waals surface area contributed by atoms with Crippen molar-refractivity contribution in [1.82, 2.24) is 20.3 Å². The highest BCUT2D eigenvalue weighted by molar-refractivity contribution is 5.94. The molecular formula is C23H28F2N4O3. The van der Waals surface area contributed by atoms with Crippen molar-refractivity contribution in [1.29, 1.82) is 0 Å². The fourth-order valence-electron chi connectivity index (χ4n) is 4.42. The van der Waals surface area contributed by atoms with E-state index in [0.717, 1.165) is 18.7 Å². The number of aromatic nitrogens is 1. The lowest BCUT2D eigenvalue weighted by Gasteiger charge is -2.41. The van der Waals surface area contributed by atoms with E-state index in [4.69, 9.17) is 4.52 Å². The van der Waals surface area contributed by atoms with Gasteiger partial charge in [0.25, 0.3) is 5.91 Å². The van der Waals surface area contributed by atoms with Crippen molar-refractivity contribution in [3.8, 4) is 11.3 Å². The van der Waals surface area contributed by atoms with Crippen LogP contribution in [0.25, 0.3) is 11.3 Å². The van der Waals surface area contributed by atoms with Crippen molar-refractivity contribution in [2.45, 2.75) is 38.3 Å². The largest absolute Gasteiger partial charge is 0.355 e. The summed E-state index contributed by atoms with van der Waals surface area (Å²) in [7, 11) is 3.43. The molecule has 0 unspecified atom stereocenters. The van der Waals surface area contributed by atoms with Gasteiger partial charge < -0.3 is 14.7 Å². The SMILES string of the molecule is C[C@@H](C1CC1)N1CC[C@@H](NC(=O)c2cc(-c3ccc(F)cc3F)on2)[C@H](C(=O)N(C)C)C1. The summed E-state index contributed by atoms with van der Waals surface area (Å²) in [6.45, 7) is 3.59. The molecule has 0 spiro atoms. The molecule has 1 aliphatic carbocycles. The van der Waals surface area contributed by atoms with Crippen molar-refractivity contribution >= 4 is 11.8 Å². The van der Waals surface area contributed by atoms with Crippen LogP contribution in [0.3, 0.4) is 0 Å². The summed E-state index contributed by atoms with van der Waals surface area (Å²) in [5.41, 5.74) is -0.00506. The molecule has 0 radical (unpaired) electrons. The molecule has 2 aromatic rings. The molecule has 1 saturated carbocycles. The van der Waals surface area contributed by atoms with Gasteiger partial charge in [-0.3, -0.25) is 14.5 Å². The molecule has 1 aliphatic heterocycles. The number of amides is 2. The van der Waals surface area contributed by atoms with E-state index in [-0.39, 0.29) is 34.9 Å². The highest BCUT2D eigenvalue weighted by Gasteiger charge is 2.41. The number of likely N-dealkylation sites (tertiary alicyclic amines) is 1. The topological polar surface area (TPSA) is 78.7 Å². The zero-order chi connectivity index (χ0) is 23.0. The fraction of sp³-hybridized carbons (Fsp3) is 0.522. The van der Waals surface area contributed by atoms with E-state index in [1.54, 1.807) is 19.0 Å². The van der Waals surface area contributed by atoms with Crippen LogP contribution in [0.5, 0.6) is 0 Å². The molecule has 4 rings (SSSR count). The first-order valence-corrected chi connectivity index (χ1v) is 10.9. The Morgan fingerprint density at radius 3 is 2.62 bits per heavy atom. The number of hydrogen-bond acceptors (Lipinski definition) is 5. The van der Waals surface area contributed by atoms with Gasteiger partial charge in [-0.25, -0.2) is 8.78 Å². The van der Waals surface area contributed by atoms with Gasteiger partial charge in [-0.15, -0.1) is 0 Å². The Morgan fingerprint density at radius 2 is 1.97 bits per heavy atom. The van der Waals surface area contributed by atoms with E-state index in [1.165, 1.54) is 25.0 Å². The highest BCUT2D eigenvalue weighted by atomic mass is 19.1. The Balaban J connectivity index is 1.47. The van der Waals surface area contributed by atoms with Crippen LogP contribution in [-0.2, 0) is 4.79 Å². The van der Waals surface area contributed by atoms with Gasteiger partial charge in [-0.1, -0.05) is 5.16 Å². The average Bonchev–Trinajstić information content (AvgIpc) is 3.49. The van der Waals surface area contributed by atoms with Crippen LogP contribution < -0.4 is 5.32 Å². The zero-order valence-electron chi connectivity index (χ0n) is 18.5. The monoisotopic (exact) mass is 446 g/mol. The first-order valence-electron chi connectivity index (χ1n) is 10.9. The molecule has 3 atom stereocenters. The Hall–Kier alpha value is -2.81. The second-order valence-corrected chi connectivity index (χ2v) is 8.98. The fourth-order valence-corrected chi connectivity index (χ4v) is 4.42. The molecule has 2 amide bonds. The van der Waals surface area contributed by atoms with E-state index >= 15 is 0 Å². The van der Waals surface area contributed by atoms with Crippen LogP contribution in [0.15, 0.2) is 28.8 Å². The van der Waals surface area contributed by atoms with E-state index in [9.17, 15) is 18.4 Å². The second kappa shape index (κ2) is 8.97. The number of carbonyl (C=O) groups excluding carboxylic acids is 2. The van der Waals surface area contributed by atoms with Crippen molar-refractivity contribution in [2.75, 3.05) is 27.2 Å². The summed E-state index contributed by atoms with van der Waals surface area (Å²) in [4.78, 5) is 29.6. The molecule has 2 fully saturated rings. The number of nitrogens with zero attached hydrogens (tertiary/aromatic N) is 3. The lowest BCUT2D eigenvalue weighted by molar-refractivity contribution is -0.136. The van der Waals surface area contributed by atoms with Crippen LogP contribution in [0, 0.1) is 23.5 Å². The van der Waals surface area contributed by atoms with Gasteiger partial charge in [0, 0.05) is 51.4 Å². The molecule has 1 aromatic heterocycles. The van der Waals surface area contributed by atoms with Gasteiger partial charge in [-0.05, 0) is 44.2 Å². The van der Waals surface area contributed by atoms with E-state index in [1.807, 2.05) is 0 Å². The Morgan fingerprint density at radius 1 is 1.22 bits per heavy atom. The molecule has 9 heteroatoms. The normalized spacial score (nSPS) is 22.4. The molecule has 1 N–H and O–H groups in total.